The summed E-state index contributed by atoms with van der Waals surface area (Å²) in [6, 6.07) is 5.50. The van der Waals surface area contributed by atoms with Crippen molar-refractivity contribution in [2.24, 2.45) is 11.7 Å². The number of rotatable bonds is 13. The molecule has 0 radical (unpaired) electrons. The minimum Gasteiger partial charge on any atom is -0.481 e. The van der Waals surface area contributed by atoms with Gasteiger partial charge in [-0.2, -0.15) is 0 Å². The predicted molar refractivity (Wildman–Crippen MR) is 114 cm³/mol. The van der Waals surface area contributed by atoms with Crippen LogP contribution in [0.2, 0.25) is 0 Å². The maximum atomic E-state index is 12.5. The Morgan fingerprint density at radius 1 is 1.00 bits per heavy atom. The van der Waals surface area contributed by atoms with Gasteiger partial charge in [0.05, 0.1) is 19.0 Å². The number of hydrogen-bond donors (Lipinski definition) is 6. The smallest absolute Gasteiger partial charge is 0.326 e. The average molecular weight is 450 g/mol. The minimum absolute atomic E-state index is 0.284. The first-order chi connectivity index (χ1) is 15.0. The maximum Gasteiger partial charge on any atom is 0.326 e. The van der Waals surface area contributed by atoms with E-state index < -0.39 is 60.8 Å². The van der Waals surface area contributed by atoms with Crippen LogP contribution in [0.3, 0.4) is 0 Å². The van der Waals surface area contributed by atoms with Gasteiger partial charge in [-0.25, -0.2) is 4.79 Å². The SMILES string of the molecule is CCC(C)C(NC(=O)CNC(=O)C(N)Cc1ccccc1)C(=O)NC(CC(=O)O)C(=O)O. The van der Waals surface area contributed by atoms with E-state index in [1.165, 1.54) is 0 Å². The molecule has 0 heterocycles. The van der Waals surface area contributed by atoms with Gasteiger partial charge >= 0.3 is 11.9 Å². The van der Waals surface area contributed by atoms with Gasteiger partial charge in [0.25, 0.3) is 0 Å². The lowest BCUT2D eigenvalue weighted by molar-refractivity contribution is -0.147. The molecule has 0 aliphatic carbocycles. The predicted octanol–water partition coefficient (Wildman–Crippen LogP) is -0.752. The molecule has 4 atom stereocenters. The lowest BCUT2D eigenvalue weighted by Crippen LogP contribution is -2.56. The van der Waals surface area contributed by atoms with Crippen molar-refractivity contribution >= 4 is 29.7 Å². The zero-order valence-corrected chi connectivity index (χ0v) is 18.0. The molecule has 1 rings (SSSR count). The van der Waals surface area contributed by atoms with Gasteiger partial charge in [-0.15, -0.1) is 0 Å². The highest BCUT2D eigenvalue weighted by Gasteiger charge is 2.31. The van der Waals surface area contributed by atoms with Crippen LogP contribution in [0.4, 0.5) is 0 Å². The van der Waals surface area contributed by atoms with Crippen LogP contribution in [-0.2, 0) is 30.4 Å². The van der Waals surface area contributed by atoms with Crippen molar-refractivity contribution in [3.8, 4) is 0 Å². The fraction of sp³-hybridized carbons (Fsp3) is 0.476. The molecule has 0 aromatic heterocycles. The molecule has 176 valence electrons. The molecule has 0 fully saturated rings. The first kappa shape index (κ1) is 26.6. The molecule has 1 aromatic rings. The van der Waals surface area contributed by atoms with Crippen molar-refractivity contribution < 1.29 is 34.2 Å². The summed E-state index contributed by atoms with van der Waals surface area (Å²) in [6.07, 6.45) is -0.0483. The maximum absolute atomic E-state index is 12.5. The molecule has 0 bridgehead atoms. The van der Waals surface area contributed by atoms with E-state index >= 15 is 0 Å². The molecule has 1 aromatic carbocycles. The second-order valence-electron chi connectivity index (χ2n) is 7.44. The number of amides is 3. The summed E-state index contributed by atoms with van der Waals surface area (Å²) in [4.78, 5) is 59.0. The van der Waals surface area contributed by atoms with Crippen LogP contribution >= 0.6 is 0 Å². The Morgan fingerprint density at radius 2 is 1.62 bits per heavy atom. The van der Waals surface area contributed by atoms with Crippen molar-refractivity contribution in [3.63, 3.8) is 0 Å². The molecule has 0 spiro atoms. The molecule has 32 heavy (non-hydrogen) atoms. The third kappa shape index (κ3) is 9.13. The van der Waals surface area contributed by atoms with Gasteiger partial charge in [0, 0.05) is 0 Å². The first-order valence-corrected chi connectivity index (χ1v) is 10.2. The zero-order chi connectivity index (χ0) is 24.3. The molecule has 0 aliphatic heterocycles. The third-order valence-corrected chi connectivity index (χ3v) is 4.86. The van der Waals surface area contributed by atoms with E-state index in [1.807, 2.05) is 30.3 Å². The summed E-state index contributed by atoms with van der Waals surface area (Å²) in [7, 11) is 0. The molecule has 11 nitrogen and oxygen atoms in total. The average Bonchev–Trinajstić information content (AvgIpc) is 2.74. The Bertz CT molecular complexity index is 816. The quantitative estimate of drug-likeness (QED) is 0.226. The summed E-state index contributed by atoms with van der Waals surface area (Å²) in [5.41, 5.74) is 6.73. The highest BCUT2D eigenvalue weighted by Crippen LogP contribution is 2.09. The van der Waals surface area contributed by atoms with Crippen LogP contribution in [-0.4, -0.2) is 64.5 Å². The van der Waals surface area contributed by atoms with Crippen molar-refractivity contribution in [3.05, 3.63) is 35.9 Å². The highest BCUT2D eigenvalue weighted by atomic mass is 16.4. The number of nitrogens with one attached hydrogen (secondary N) is 3. The molecule has 3 amide bonds. The van der Waals surface area contributed by atoms with Crippen LogP contribution < -0.4 is 21.7 Å². The topological polar surface area (TPSA) is 188 Å². The number of carbonyl (C=O) groups is 5. The molecule has 0 aliphatic rings. The van der Waals surface area contributed by atoms with Crippen molar-refractivity contribution in [2.45, 2.75) is 51.2 Å². The van der Waals surface area contributed by atoms with Crippen LogP contribution in [0.15, 0.2) is 30.3 Å². The molecule has 7 N–H and O–H groups in total. The second kappa shape index (κ2) is 13.1. The number of carboxylic acids is 2. The molecule has 4 unspecified atom stereocenters. The van der Waals surface area contributed by atoms with Gasteiger partial charge in [0.1, 0.15) is 12.1 Å². The normalized spacial score (nSPS) is 14.3. The summed E-state index contributed by atoms with van der Waals surface area (Å²) in [5, 5.41) is 24.9. The zero-order valence-electron chi connectivity index (χ0n) is 18.0. The Labute approximate surface area is 185 Å². The van der Waals surface area contributed by atoms with Crippen LogP contribution in [0, 0.1) is 5.92 Å². The molecular weight excluding hydrogens is 420 g/mol. The molecule has 11 heteroatoms. The van der Waals surface area contributed by atoms with Crippen LogP contribution in [0.5, 0.6) is 0 Å². The minimum atomic E-state index is -1.64. The Balaban J connectivity index is 2.67. The van der Waals surface area contributed by atoms with E-state index in [0.717, 1.165) is 5.56 Å². The highest BCUT2D eigenvalue weighted by molar-refractivity contribution is 5.93. The first-order valence-electron chi connectivity index (χ1n) is 10.2. The third-order valence-electron chi connectivity index (χ3n) is 4.86. The van der Waals surface area contributed by atoms with E-state index in [2.05, 4.69) is 16.0 Å². The largest absolute Gasteiger partial charge is 0.481 e. The number of carbonyl (C=O) groups excluding carboxylic acids is 3. The number of carboxylic acid groups (broad SMARTS) is 2. The molecule has 0 saturated carbocycles. The van der Waals surface area contributed by atoms with Gasteiger partial charge in [-0.1, -0.05) is 50.6 Å². The van der Waals surface area contributed by atoms with E-state index in [1.54, 1.807) is 13.8 Å². The summed E-state index contributed by atoms with van der Waals surface area (Å²) in [6.45, 7) is 3.01. The van der Waals surface area contributed by atoms with E-state index in [4.69, 9.17) is 15.9 Å². The van der Waals surface area contributed by atoms with Crippen molar-refractivity contribution in [1.82, 2.24) is 16.0 Å². The Morgan fingerprint density at radius 3 is 2.16 bits per heavy atom. The standard InChI is InChI=1S/C21H30N4O7/c1-3-12(2)18(20(30)24-15(21(31)32)10-17(27)28)25-16(26)11-23-19(29)14(22)9-13-7-5-4-6-8-13/h4-8,12,14-15,18H,3,9-11,22H2,1-2H3,(H,23,29)(H,24,30)(H,25,26)(H,27,28)(H,31,32). The van der Waals surface area contributed by atoms with Gasteiger partial charge in [-0.3, -0.25) is 19.2 Å². The second-order valence-corrected chi connectivity index (χ2v) is 7.44. The number of hydrogen-bond acceptors (Lipinski definition) is 6. The summed E-state index contributed by atoms with van der Waals surface area (Å²) in [5.74, 6) is -5.31. The monoisotopic (exact) mass is 450 g/mol. The Kier molecular flexibility index (Phi) is 10.8. The van der Waals surface area contributed by atoms with Gasteiger partial charge in [0.2, 0.25) is 17.7 Å². The van der Waals surface area contributed by atoms with Gasteiger partial charge in [0.15, 0.2) is 0 Å². The molecule has 0 saturated heterocycles. The summed E-state index contributed by atoms with van der Waals surface area (Å²) < 4.78 is 0. The number of benzene rings is 1. The fourth-order valence-electron chi connectivity index (χ4n) is 2.82. The fourth-order valence-corrected chi connectivity index (χ4v) is 2.82. The molecular formula is C21H30N4O7. The lowest BCUT2D eigenvalue weighted by Gasteiger charge is -2.25. The van der Waals surface area contributed by atoms with E-state index in [-0.39, 0.29) is 12.3 Å². The number of aliphatic carboxylic acids is 2. The number of nitrogens with two attached hydrogens (primary N) is 1. The summed E-state index contributed by atoms with van der Waals surface area (Å²) >= 11 is 0. The van der Waals surface area contributed by atoms with Gasteiger partial charge in [-0.05, 0) is 17.9 Å². The van der Waals surface area contributed by atoms with Crippen molar-refractivity contribution in [2.75, 3.05) is 6.54 Å². The van der Waals surface area contributed by atoms with Crippen molar-refractivity contribution in [1.29, 1.82) is 0 Å². The van der Waals surface area contributed by atoms with Crippen LogP contribution in [0.25, 0.3) is 0 Å². The van der Waals surface area contributed by atoms with Gasteiger partial charge < -0.3 is 31.9 Å². The Hall–Kier alpha value is -3.47. The van der Waals surface area contributed by atoms with E-state index in [0.29, 0.717) is 6.42 Å². The van der Waals surface area contributed by atoms with E-state index in [9.17, 15) is 24.0 Å². The van der Waals surface area contributed by atoms with Crippen LogP contribution in [0.1, 0.15) is 32.3 Å². The lowest BCUT2D eigenvalue weighted by atomic mass is 9.97.